The Morgan fingerprint density at radius 1 is 1.22 bits per heavy atom. The van der Waals surface area contributed by atoms with Gasteiger partial charge in [-0.05, 0) is 36.8 Å². The lowest BCUT2D eigenvalue weighted by Crippen LogP contribution is -2.14. The van der Waals surface area contributed by atoms with Crippen molar-refractivity contribution in [2.75, 3.05) is 11.1 Å². The fourth-order valence-electron chi connectivity index (χ4n) is 1.64. The van der Waals surface area contributed by atoms with Crippen LogP contribution in [-0.4, -0.2) is 5.91 Å². The molecule has 0 heterocycles. The van der Waals surface area contributed by atoms with Crippen molar-refractivity contribution < 1.29 is 4.79 Å². The number of amides is 1. The Bertz CT molecular complexity index is 596. The van der Waals surface area contributed by atoms with Crippen LogP contribution in [0.2, 0.25) is 5.02 Å². The Labute approximate surface area is 111 Å². The minimum absolute atomic E-state index is 0.215. The molecule has 0 aromatic heterocycles. The van der Waals surface area contributed by atoms with Gasteiger partial charge in [0.05, 0.1) is 10.7 Å². The van der Waals surface area contributed by atoms with Crippen LogP contribution < -0.4 is 11.1 Å². The molecule has 2 rings (SSSR count). The van der Waals surface area contributed by atoms with E-state index in [0.29, 0.717) is 22.0 Å². The van der Waals surface area contributed by atoms with E-state index in [2.05, 4.69) is 5.32 Å². The van der Waals surface area contributed by atoms with E-state index in [1.54, 1.807) is 24.3 Å². The van der Waals surface area contributed by atoms with Gasteiger partial charge < -0.3 is 11.1 Å². The van der Waals surface area contributed by atoms with E-state index in [4.69, 9.17) is 17.3 Å². The number of hydrogen-bond acceptors (Lipinski definition) is 2. The number of anilines is 2. The highest BCUT2D eigenvalue weighted by Gasteiger charge is 2.10. The maximum Gasteiger partial charge on any atom is 0.256 e. The van der Waals surface area contributed by atoms with Crippen LogP contribution >= 0.6 is 11.6 Å². The Kier molecular flexibility index (Phi) is 3.53. The van der Waals surface area contributed by atoms with Crippen molar-refractivity contribution in [1.29, 1.82) is 0 Å². The minimum atomic E-state index is -0.215. The van der Waals surface area contributed by atoms with Crippen molar-refractivity contribution in [1.82, 2.24) is 0 Å². The van der Waals surface area contributed by atoms with Gasteiger partial charge in [0.2, 0.25) is 0 Å². The number of carbonyl (C=O) groups excluding carboxylic acids is 1. The fraction of sp³-hybridized carbons (Fsp3) is 0.0714. The highest BCUT2D eigenvalue weighted by atomic mass is 35.5. The number of para-hydroxylation sites is 1. The second-order valence-electron chi connectivity index (χ2n) is 4.01. The third kappa shape index (κ3) is 2.63. The molecule has 0 saturated heterocycles. The zero-order chi connectivity index (χ0) is 13.1. The number of nitrogens with one attached hydrogen (secondary N) is 1. The lowest BCUT2D eigenvalue weighted by atomic mass is 10.1. The Morgan fingerprint density at radius 3 is 2.67 bits per heavy atom. The van der Waals surface area contributed by atoms with Gasteiger partial charge in [-0.3, -0.25) is 4.79 Å². The first-order chi connectivity index (χ1) is 8.58. The summed E-state index contributed by atoms with van der Waals surface area (Å²) in [5, 5.41) is 3.27. The normalized spacial score (nSPS) is 10.1. The summed E-state index contributed by atoms with van der Waals surface area (Å²) in [6.45, 7) is 1.86. The van der Waals surface area contributed by atoms with Gasteiger partial charge in [0.15, 0.2) is 0 Å². The molecule has 0 aliphatic heterocycles. The van der Waals surface area contributed by atoms with E-state index in [0.717, 1.165) is 5.56 Å². The minimum Gasteiger partial charge on any atom is -0.399 e. The van der Waals surface area contributed by atoms with Gasteiger partial charge in [-0.1, -0.05) is 29.8 Å². The molecular formula is C14H13ClN2O. The summed E-state index contributed by atoms with van der Waals surface area (Å²) in [5.74, 6) is -0.215. The van der Waals surface area contributed by atoms with E-state index in [1.165, 1.54) is 0 Å². The van der Waals surface area contributed by atoms with E-state index in [1.807, 2.05) is 25.1 Å². The first-order valence-corrected chi connectivity index (χ1v) is 5.88. The van der Waals surface area contributed by atoms with Crippen LogP contribution in [0.5, 0.6) is 0 Å². The van der Waals surface area contributed by atoms with Crippen LogP contribution in [0.1, 0.15) is 15.9 Å². The molecule has 0 saturated carbocycles. The monoisotopic (exact) mass is 260 g/mol. The SMILES string of the molecule is Cc1ccc(N)cc1C(=O)Nc1ccccc1Cl. The van der Waals surface area contributed by atoms with Gasteiger partial charge in [-0.15, -0.1) is 0 Å². The van der Waals surface area contributed by atoms with Gasteiger partial charge >= 0.3 is 0 Å². The molecule has 0 aliphatic carbocycles. The molecule has 1 amide bonds. The van der Waals surface area contributed by atoms with E-state index >= 15 is 0 Å². The third-order valence-electron chi connectivity index (χ3n) is 2.63. The van der Waals surface area contributed by atoms with Crippen LogP contribution in [0.3, 0.4) is 0 Å². The zero-order valence-corrected chi connectivity index (χ0v) is 10.7. The quantitative estimate of drug-likeness (QED) is 0.812. The Hall–Kier alpha value is -2.00. The van der Waals surface area contributed by atoms with Crippen LogP contribution in [0.15, 0.2) is 42.5 Å². The maximum absolute atomic E-state index is 12.1. The van der Waals surface area contributed by atoms with Crippen molar-refractivity contribution in [3.05, 3.63) is 58.6 Å². The molecule has 2 aromatic carbocycles. The second kappa shape index (κ2) is 5.10. The summed E-state index contributed by atoms with van der Waals surface area (Å²) < 4.78 is 0. The van der Waals surface area contributed by atoms with Gasteiger partial charge in [0.25, 0.3) is 5.91 Å². The van der Waals surface area contributed by atoms with Gasteiger partial charge in [0, 0.05) is 11.3 Å². The summed E-state index contributed by atoms with van der Waals surface area (Å²) >= 11 is 5.99. The third-order valence-corrected chi connectivity index (χ3v) is 2.96. The molecule has 18 heavy (non-hydrogen) atoms. The highest BCUT2D eigenvalue weighted by molar-refractivity contribution is 6.33. The molecule has 0 fully saturated rings. The van der Waals surface area contributed by atoms with Gasteiger partial charge in [-0.25, -0.2) is 0 Å². The number of carbonyl (C=O) groups is 1. The average molecular weight is 261 g/mol. The lowest BCUT2D eigenvalue weighted by Gasteiger charge is -2.09. The highest BCUT2D eigenvalue weighted by Crippen LogP contribution is 2.22. The fourth-order valence-corrected chi connectivity index (χ4v) is 1.82. The molecule has 3 N–H and O–H groups in total. The smallest absolute Gasteiger partial charge is 0.256 e. The number of benzene rings is 2. The molecule has 0 spiro atoms. The molecule has 2 aromatic rings. The molecule has 0 atom stereocenters. The largest absolute Gasteiger partial charge is 0.399 e. The number of nitrogens with two attached hydrogens (primary N) is 1. The molecule has 0 aliphatic rings. The van der Waals surface area contributed by atoms with Gasteiger partial charge in [0.1, 0.15) is 0 Å². The first-order valence-electron chi connectivity index (χ1n) is 5.50. The number of halogens is 1. The molecule has 0 unspecified atom stereocenters. The summed E-state index contributed by atoms with van der Waals surface area (Å²) in [7, 11) is 0. The summed E-state index contributed by atoms with van der Waals surface area (Å²) in [5.41, 5.74) is 8.25. The number of hydrogen-bond donors (Lipinski definition) is 2. The van der Waals surface area contributed by atoms with Crippen LogP contribution in [0.4, 0.5) is 11.4 Å². The van der Waals surface area contributed by atoms with Crippen LogP contribution in [-0.2, 0) is 0 Å². The summed E-state index contributed by atoms with van der Waals surface area (Å²) in [4.78, 5) is 12.1. The number of rotatable bonds is 2. The molecule has 4 heteroatoms. The van der Waals surface area contributed by atoms with Crippen LogP contribution in [0, 0.1) is 6.92 Å². The molecule has 0 radical (unpaired) electrons. The molecule has 3 nitrogen and oxygen atoms in total. The predicted octanol–water partition coefficient (Wildman–Crippen LogP) is 3.48. The zero-order valence-electron chi connectivity index (χ0n) is 9.91. The first kappa shape index (κ1) is 12.5. The number of nitrogen functional groups attached to an aromatic ring is 1. The van der Waals surface area contributed by atoms with E-state index in [9.17, 15) is 4.79 Å². The summed E-state index contributed by atoms with van der Waals surface area (Å²) in [6, 6.07) is 12.3. The van der Waals surface area contributed by atoms with Crippen molar-refractivity contribution in [2.24, 2.45) is 0 Å². The average Bonchev–Trinajstić information content (AvgIpc) is 2.35. The van der Waals surface area contributed by atoms with Crippen molar-refractivity contribution in [3.63, 3.8) is 0 Å². The maximum atomic E-state index is 12.1. The predicted molar refractivity (Wildman–Crippen MR) is 75.0 cm³/mol. The van der Waals surface area contributed by atoms with E-state index in [-0.39, 0.29) is 5.91 Å². The standard InChI is InChI=1S/C14H13ClN2O/c1-9-6-7-10(16)8-11(9)14(18)17-13-5-3-2-4-12(13)15/h2-8H,16H2,1H3,(H,17,18). The van der Waals surface area contributed by atoms with Crippen molar-refractivity contribution >= 4 is 28.9 Å². The topological polar surface area (TPSA) is 55.1 Å². The van der Waals surface area contributed by atoms with Crippen LogP contribution in [0.25, 0.3) is 0 Å². The molecular weight excluding hydrogens is 248 g/mol. The van der Waals surface area contributed by atoms with Gasteiger partial charge in [-0.2, -0.15) is 0 Å². The Morgan fingerprint density at radius 2 is 1.94 bits per heavy atom. The second-order valence-corrected chi connectivity index (χ2v) is 4.42. The molecule has 0 bridgehead atoms. The molecule has 92 valence electrons. The Balaban J connectivity index is 2.28. The van der Waals surface area contributed by atoms with Crippen molar-refractivity contribution in [2.45, 2.75) is 6.92 Å². The van der Waals surface area contributed by atoms with Crippen molar-refractivity contribution in [3.8, 4) is 0 Å². The number of aryl methyl sites for hydroxylation is 1. The summed E-state index contributed by atoms with van der Waals surface area (Å²) in [6.07, 6.45) is 0. The lowest BCUT2D eigenvalue weighted by molar-refractivity contribution is 0.102. The van der Waals surface area contributed by atoms with E-state index < -0.39 is 0 Å².